The Labute approximate surface area is 117 Å². The molecule has 0 unspecified atom stereocenters. The van der Waals surface area contributed by atoms with Gasteiger partial charge in [0.25, 0.3) is 0 Å². The Morgan fingerprint density at radius 3 is 2.42 bits per heavy atom. The molecule has 1 fully saturated rings. The van der Waals surface area contributed by atoms with Crippen LogP contribution in [0.3, 0.4) is 0 Å². The van der Waals surface area contributed by atoms with Crippen molar-refractivity contribution in [2.45, 2.75) is 84.8 Å². The third-order valence-corrected chi connectivity index (χ3v) is 4.23. The van der Waals surface area contributed by atoms with Crippen LogP contribution in [0.1, 0.15) is 76.4 Å². The monoisotopic (exact) mass is 263 g/mol. The van der Waals surface area contributed by atoms with Crippen molar-refractivity contribution in [1.82, 2.24) is 15.1 Å². The van der Waals surface area contributed by atoms with Crippen LogP contribution in [-0.2, 0) is 19.4 Å². The molecule has 1 aliphatic rings. The summed E-state index contributed by atoms with van der Waals surface area (Å²) in [5.74, 6) is 0. The third kappa shape index (κ3) is 3.19. The Morgan fingerprint density at radius 2 is 1.89 bits per heavy atom. The molecule has 0 aromatic carbocycles. The van der Waals surface area contributed by atoms with E-state index in [4.69, 9.17) is 5.10 Å². The van der Waals surface area contributed by atoms with E-state index in [9.17, 15) is 0 Å². The average molecular weight is 263 g/mol. The molecule has 3 nitrogen and oxygen atoms in total. The van der Waals surface area contributed by atoms with Crippen molar-refractivity contribution in [3.63, 3.8) is 0 Å². The van der Waals surface area contributed by atoms with Gasteiger partial charge in [-0.05, 0) is 25.7 Å². The van der Waals surface area contributed by atoms with E-state index >= 15 is 0 Å². The molecule has 1 aromatic heterocycles. The van der Waals surface area contributed by atoms with Gasteiger partial charge in [-0.1, -0.05) is 40.5 Å². The van der Waals surface area contributed by atoms with Crippen molar-refractivity contribution in [3.05, 3.63) is 17.0 Å². The molecule has 0 atom stereocenters. The van der Waals surface area contributed by atoms with Gasteiger partial charge in [-0.3, -0.25) is 4.68 Å². The molecule has 3 heteroatoms. The summed E-state index contributed by atoms with van der Waals surface area (Å²) < 4.78 is 2.36. The molecule has 108 valence electrons. The summed E-state index contributed by atoms with van der Waals surface area (Å²) in [6.45, 7) is 9.87. The van der Waals surface area contributed by atoms with Crippen molar-refractivity contribution in [1.29, 1.82) is 0 Å². The molecule has 2 rings (SSSR count). The van der Waals surface area contributed by atoms with Gasteiger partial charge < -0.3 is 5.32 Å². The minimum absolute atomic E-state index is 0.532. The van der Waals surface area contributed by atoms with Gasteiger partial charge in [-0.25, -0.2) is 0 Å². The van der Waals surface area contributed by atoms with E-state index in [0.717, 1.165) is 19.4 Å². The fraction of sp³-hybridized carbons (Fsp3) is 0.812. The van der Waals surface area contributed by atoms with Crippen LogP contribution in [-0.4, -0.2) is 15.8 Å². The lowest BCUT2D eigenvalue weighted by Gasteiger charge is -2.15. The molecule has 0 saturated heterocycles. The second-order valence-corrected chi connectivity index (χ2v) is 6.00. The molecule has 0 aliphatic heterocycles. The van der Waals surface area contributed by atoms with Gasteiger partial charge in [0.2, 0.25) is 0 Å². The highest BCUT2D eigenvalue weighted by molar-refractivity contribution is 5.27. The fourth-order valence-electron chi connectivity index (χ4n) is 3.18. The van der Waals surface area contributed by atoms with Gasteiger partial charge in [0.15, 0.2) is 0 Å². The quantitative estimate of drug-likeness (QED) is 0.849. The van der Waals surface area contributed by atoms with Crippen LogP contribution in [0.2, 0.25) is 0 Å². The minimum atomic E-state index is 0.532. The number of nitrogens with zero attached hydrogens (tertiary/aromatic N) is 2. The Hall–Kier alpha value is -0.830. The van der Waals surface area contributed by atoms with Crippen molar-refractivity contribution in [2.75, 3.05) is 0 Å². The largest absolute Gasteiger partial charge is 0.310 e. The zero-order valence-electron chi connectivity index (χ0n) is 13.0. The topological polar surface area (TPSA) is 29.9 Å². The number of aryl methyl sites for hydroxylation is 1. The molecule has 0 bridgehead atoms. The number of nitrogens with one attached hydrogen (secondary N) is 1. The standard InChI is InChI=1S/C16H29N3/c1-5-15-14(11-17-12(3)4)16(6-2)19(18-15)13-9-7-8-10-13/h12-13,17H,5-11H2,1-4H3. The minimum Gasteiger partial charge on any atom is -0.310 e. The Morgan fingerprint density at radius 1 is 1.21 bits per heavy atom. The highest BCUT2D eigenvalue weighted by atomic mass is 15.3. The van der Waals surface area contributed by atoms with E-state index in [0.29, 0.717) is 12.1 Å². The number of hydrogen-bond donors (Lipinski definition) is 1. The molecule has 0 radical (unpaired) electrons. The highest BCUT2D eigenvalue weighted by Gasteiger charge is 2.23. The number of aromatic nitrogens is 2. The Bertz CT molecular complexity index is 400. The van der Waals surface area contributed by atoms with E-state index in [1.807, 2.05) is 0 Å². The summed E-state index contributed by atoms with van der Waals surface area (Å²) in [6, 6.07) is 1.19. The summed E-state index contributed by atoms with van der Waals surface area (Å²) in [7, 11) is 0. The third-order valence-electron chi connectivity index (χ3n) is 4.23. The fourth-order valence-corrected chi connectivity index (χ4v) is 3.18. The van der Waals surface area contributed by atoms with Crippen molar-refractivity contribution in [2.24, 2.45) is 0 Å². The lowest BCUT2D eigenvalue weighted by molar-refractivity contribution is 0.447. The first-order valence-corrected chi connectivity index (χ1v) is 7.99. The molecule has 1 saturated carbocycles. The van der Waals surface area contributed by atoms with Crippen molar-refractivity contribution >= 4 is 0 Å². The van der Waals surface area contributed by atoms with Gasteiger partial charge >= 0.3 is 0 Å². The van der Waals surface area contributed by atoms with E-state index in [2.05, 4.69) is 37.7 Å². The lowest BCUT2D eigenvalue weighted by atomic mass is 10.1. The maximum absolute atomic E-state index is 4.94. The lowest BCUT2D eigenvalue weighted by Crippen LogP contribution is -2.23. The predicted molar refractivity (Wildman–Crippen MR) is 80.5 cm³/mol. The van der Waals surface area contributed by atoms with Gasteiger partial charge in [0.05, 0.1) is 11.7 Å². The molecule has 1 N–H and O–H groups in total. The smallest absolute Gasteiger partial charge is 0.0669 e. The van der Waals surface area contributed by atoms with Crippen LogP contribution >= 0.6 is 0 Å². The molecule has 0 spiro atoms. The summed E-state index contributed by atoms with van der Waals surface area (Å²) in [5.41, 5.74) is 4.24. The van der Waals surface area contributed by atoms with E-state index in [-0.39, 0.29) is 0 Å². The summed E-state index contributed by atoms with van der Waals surface area (Å²) in [6.07, 6.45) is 7.51. The SMILES string of the molecule is CCc1nn(C2CCCC2)c(CC)c1CNC(C)C. The predicted octanol–water partition coefficient (Wildman–Crippen LogP) is 3.62. The van der Waals surface area contributed by atoms with Crippen molar-refractivity contribution < 1.29 is 0 Å². The van der Waals surface area contributed by atoms with E-state index in [1.165, 1.54) is 42.6 Å². The normalized spacial score (nSPS) is 16.7. The zero-order chi connectivity index (χ0) is 13.8. The molecule has 1 aliphatic carbocycles. The summed E-state index contributed by atoms with van der Waals surface area (Å²) in [4.78, 5) is 0. The Balaban J connectivity index is 2.28. The number of hydrogen-bond acceptors (Lipinski definition) is 2. The van der Waals surface area contributed by atoms with Crippen molar-refractivity contribution in [3.8, 4) is 0 Å². The van der Waals surface area contributed by atoms with E-state index in [1.54, 1.807) is 0 Å². The second-order valence-electron chi connectivity index (χ2n) is 6.00. The van der Waals surface area contributed by atoms with Gasteiger partial charge in [0.1, 0.15) is 0 Å². The van der Waals surface area contributed by atoms with Crippen LogP contribution < -0.4 is 5.32 Å². The maximum atomic E-state index is 4.94. The highest BCUT2D eigenvalue weighted by Crippen LogP contribution is 2.32. The van der Waals surface area contributed by atoms with E-state index < -0.39 is 0 Å². The maximum Gasteiger partial charge on any atom is 0.0669 e. The Kier molecular flexibility index (Phi) is 5.03. The first kappa shape index (κ1) is 14.6. The molecule has 0 amide bonds. The first-order valence-electron chi connectivity index (χ1n) is 7.99. The molecule has 19 heavy (non-hydrogen) atoms. The zero-order valence-corrected chi connectivity index (χ0v) is 13.0. The number of rotatable bonds is 6. The average Bonchev–Trinajstić information content (AvgIpc) is 3.02. The van der Waals surface area contributed by atoms with Crippen LogP contribution in [0.25, 0.3) is 0 Å². The van der Waals surface area contributed by atoms with Crippen LogP contribution in [0.15, 0.2) is 0 Å². The van der Waals surface area contributed by atoms with Crippen LogP contribution in [0, 0.1) is 0 Å². The molecule has 1 heterocycles. The van der Waals surface area contributed by atoms with Gasteiger partial charge in [-0.2, -0.15) is 5.10 Å². The summed E-state index contributed by atoms with van der Waals surface area (Å²) >= 11 is 0. The molecule has 1 aromatic rings. The van der Waals surface area contributed by atoms with Crippen LogP contribution in [0.5, 0.6) is 0 Å². The molecular formula is C16H29N3. The van der Waals surface area contributed by atoms with Crippen LogP contribution in [0.4, 0.5) is 0 Å². The first-order chi connectivity index (χ1) is 9.17. The van der Waals surface area contributed by atoms with Gasteiger partial charge in [-0.15, -0.1) is 0 Å². The second kappa shape index (κ2) is 6.56. The summed E-state index contributed by atoms with van der Waals surface area (Å²) in [5, 5.41) is 8.50. The molecular weight excluding hydrogens is 234 g/mol. The van der Waals surface area contributed by atoms with Gasteiger partial charge in [0, 0.05) is 23.8 Å².